The normalized spacial score (nSPS) is 12.7. The minimum Gasteiger partial charge on any atom is -0.492 e. The van der Waals surface area contributed by atoms with Gasteiger partial charge in [0.2, 0.25) is 0 Å². The van der Waals surface area contributed by atoms with E-state index >= 15 is 0 Å². The van der Waals surface area contributed by atoms with E-state index in [2.05, 4.69) is 23.5 Å². The Morgan fingerprint density at radius 2 is 1.95 bits per heavy atom. The first kappa shape index (κ1) is 11.9. The third kappa shape index (κ3) is 2.36. The van der Waals surface area contributed by atoms with Crippen molar-refractivity contribution in [2.75, 3.05) is 19.0 Å². The van der Waals surface area contributed by atoms with Crippen LogP contribution in [0.1, 0.15) is 11.1 Å². The van der Waals surface area contributed by atoms with Crippen LogP contribution in [0.25, 0.3) is 0 Å². The molecule has 0 spiro atoms. The largest absolute Gasteiger partial charge is 0.492 e. The summed E-state index contributed by atoms with van der Waals surface area (Å²) in [6.45, 7) is 1.53. The van der Waals surface area contributed by atoms with Gasteiger partial charge in [-0.25, -0.2) is 0 Å². The number of nitrogens with one attached hydrogen (secondary N) is 1. The zero-order valence-electron chi connectivity index (χ0n) is 11.0. The van der Waals surface area contributed by atoms with Crippen LogP contribution in [-0.4, -0.2) is 13.7 Å². The fraction of sp³-hybridized carbons (Fsp3) is 0.250. The fourth-order valence-electron chi connectivity index (χ4n) is 2.42. The van der Waals surface area contributed by atoms with Gasteiger partial charge in [0, 0.05) is 17.8 Å². The van der Waals surface area contributed by atoms with E-state index in [0.29, 0.717) is 6.61 Å². The average Bonchev–Trinajstić information content (AvgIpc) is 2.94. The van der Waals surface area contributed by atoms with Gasteiger partial charge in [0.1, 0.15) is 6.61 Å². The van der Waals surface area contributed by atoms with Gasteiger partial charge in [-0.15, -0.1) is 0 Å². The summed E-state index contributed by atoms with van der Waals surface area (Å²) in [5.74, 6) is 1.67. The van der Waals surface area contributed by atoms with E-state index in [4.69, 9.17) is 9.47 Å². The summed E-state index contributed by atoms with van der Waals surface area (Å²) in [7, 11) is 1.70. The summed E-state index contributed by atoms with van der Waals surface area (Å²) >= 11 is 0. The molecule has 2 aromatic rings. The smallest absolute Gasteiger partial charge is 0.166 e. The number of anilines is 1. The molecule has 3 rings (SSSR count). The van der Waals surface area contributed by atoms with Crippen LogP contribution >= 0.6 is 0 Å². The van der Waals surface area contributed by atoms with E-state index in [-0.39, 0.29) is 0 Å². The lowest BCUT2D eigenvalue weighted by atomic mass is 10.1. The van der Waals surface area contributed by atoms with Crippen LogP contribution in [-0.2, 0) is 13.0 Å². The third-order valence-electron chi connectivity index (χ3n) is 3.36. The standard InChI is InChI=1S/C16H17NO2/c1-18-16-13-9-10-17-14(13)7-8-15(16)19-11-12-5-3-2-4-6-12/h2-8,17H,9-11H2,1H3. The summed E-state index contributed by atoms with van der Waals surface area (Å²) in [6.07, 6.45) is 0.987. The lowest BCUT2D eigenvalue weighted by Crippen LogP contribution is -1.99. The van der Waals surface area contributed by atoms with Gasteiger partial charge >= 0.3 is 0 Å². The molecule has 98 valence electrons. The highest BCUT2D eigenvalue weighted by Crippen LogP contribution is 2.39. The summed E-state index contributed by atoms with van der Waals surface area (Å²) < 4.78 is 11.4. The molecule has 1 aliphatic heterocycles. The molecule has 0 fully saturated rings. The number of hydrogen-bond acceptors (Lipinski definition) is 3. The van der Waals surface area contributed by atoms with Crippen molar-refractivity contribution in [2.45, 2.75) is 13.0 Å². The van der Waals surface area contributed by atoms with E-state index in [0.717, 1.165) is 35.7 Å². The van der Waals surface area contributed by atoms with Gasteiger partial charge in [-0.3, -0.25) is 0 Å². The van der Waals surface area contributed by atoms with Crippen molar-refractivity contribution < 1.29 is 9.47 Å². The van der Waals surface area contributed by atoms with E-state index in [9.17, 15) is 0 Å². The Balaban J connectivity index is 1.81. The molecule has 1 aliphatic rings. The fourth-order valence-corrected chi connectivity index (χ4v) is 2.42. The maximum atomic E-state index is 5.89. The molecule has 3 heteroatoms. The zero-order valence-corrected chi connectivity index (χ0v) is 11.0. The van der Waals surface area contributed by atoms with Crippen molar-refractivity contribution in [3.05, 3.63) is 53.6 Å². The quantitative estimate of drug-likeness (QED) is 0.909. The molecule has 0 radical (unpaired) electrons. The van der Waals surface area contributed by atoms with Gasteiger partial charge in [-0.05, 0) is 24.1 Å². The second-order valence-corrected chi connectivity index (χ2v) is 4.57. The number of ether oxygens (including phenoxy) is 2. The van der Waals surface area contributed by atoms with Crippen molar-refractivity contribution in [1.82, 2.24) is 0 Å². The van der Waals surface area contributed by atoms with Crippen molar-refractivity contribution >= 4 is 5.69 Å². The molecule has 0 atom stereocenters. The Morgan fingerprint density at radius 1 is 1.11 bits per heavy atom. The van der Waals surface area contributed by atoms with Crippen LogP contribution in [0.2, 0.25) is 0 Å². The van der Waals surface area contributed by atoms with Crippen LogP contribution in [0.3, 0.4) is 0 Å². The van der Waals surface area contributed by atoms with Gasteiger partial charge in [-0.2, -0.15) is 0 Å². The van der Waals surface area contributed by atoms with Gasteiger partial charge in [-0.1, -0.05) is 30.3 Å². The summed E-state index contributed by atoms with van der Waals surface area (Å²) in [6, 6.07) is 14.2. The summed E-state index contributed by atoms with van der Waals surface area (Å²) in [5, 5.41) is 3.34. The van der Waals surface area contributed by atoms with Crippen LogP contribution in [0.4, 0.5) is 5.69 Å². The lowest BCUT2D eigenvalue weighted by molar-refractivity contribution is 0.283. The van der Waals surface area contributed by atoms with Crippen molar-refractivity contribution in [3.63, 3.8) is 0 Å². The summed E-state index contributed by atoms with van der Waals surface area (Å²) in [4.78, 5) is 0. The van der Waals surface area contributed by atoms with E-state index in [1.54, 1.807) is 7.11 Å². The number of benzene rings is 2. The molecule has 19 heavy (non-hydrogen) atoms. The van der Waals surface area contributed by atoms with Gasteiger partial charge < -0.3 is 14.8 Å². The molecular formula is C16H17NO2. The zero-order chi connectivity index (χ0) is 13.1. The van der Waals surface area contributed by atoms with Crippen molar-refractivity contribution in [2.24, 2.45) is 0 Å². The molecule has 0 aromatic heterocycles. The van der Waals surface area contributed by atoms with Crippen LogP contribution in [0.15, 0.2) is 42.5 Å². The Bertz CT molecular complexity index is 566. The topological polar surface area (TPSA) is 30.5 Å². The van der Waals surface area contributed by atoms with Crippen molar-refractivity contribution in [1.29, 1.82) is 0 Å². The molecule has 0 amide bonds. The van der Waals surface area contributed by atoms with Crippen LogP contribution in [0.5, 0.6) is 11.5 Å². The molecule has 0 aliphatic carbocycles. The second-order valence-electron chi connectivity index (χ2n) is 4.57. The molecule has 0 saturated carbocycles. The molecule has 1 heterocycles. The molecular weight excluding hydrogens is 238 g/mol. The van der Waals surface area contributed by atoms with Crippen LogP contribution in [0, 0.1) is 0 Å². The van der Waals surface area contributed by atoms with Gasteiger partial charge in [0.05, 0.1) is 7.11 Å². The Morgan fingerprint density at radius 3 is 2.74 bits per heavy atom. The lowest BCUT2D eigenvalue weighted by Gasteiger charge is -2.14. The minimum atomic E-state index is 0.559. The molecule has 0 saturated heterocycles. The van der Waals surface area contributed by atoms with E-state index < -0.39 is 0 Å². The predicted molar refractivity (Wildman–Crippen MR) is 76.0 cm³/mol. The monoisotopic (exact) mass is 255 g/mol. The number of fused-ring (bicyclic) bond motifs is 1. The number of rotatable bonds is 4. The average molecular weight is 255 g/mol. The Kier molecular flexibility index (Phi) is 3.27. The first-order valence-electron chi connectivity index (χ1n) is 6.49. The maximum Gasteiger partial charge on any atom is 0.166 e. The highest BCUT2D eigenvalue weighted by molar-refractivity contribution is 5.65. The first-order chi connectivity index (χ1) is 9.38. The SMILES string of the molecule is COc1c(OCc2ccccc2)ccc2c1CCN2. The molecule has 0 unspecified atom stereocenters. The third-order valence-corrected chi connectivity index (χ3v) is 3.36. The summed E-state index contributed by atoms with van der Waals surface area (Å²) in [5.41, 5.74) is 3.53. The van der Waals surface area contributed by atoms with Gasteiger partial charge in [0.25, 0.3) is 0 Å². The predicted octanol–water partition coefficient (Wildman–Crippen LogP) is 3.24. The minimum absolute atomic E-state index is 0.559. The maximum absolute atomic E-state index is 5.89. The van der Waals surface area contributed by atoms with E-state index in [1.807, 2.05) is 24.3 Å². The molecule has 2 aromatic carbocycles. The van der Waals surface area contributed by atoms with Crippen LogP contribution < -0.4 is 14.8 Å². The van der Waals surface area contributed by atoms with Crippen molar-refractivity contribution in [3.8, 4) is 11.5 Å². The highest BCUT2D eigenvalue weighted by atomic mass is 16.5. The number of methoxy groups -OCH3 is 1. The molecule has 3 nitrogen and oxygen atoms in total. The second kappa shape index (κ2) is 5.22. The number of hydrogen-bond donors (Lipinski definition) is 1. The Labute approximate surface area is 113 Å². The highest BCUT2D eigenvalue weighted by Gasteiger charge is 2.19. The molecule has 0 bridgehead atoms. The first-order valence-corrected chi connectivity index (χ1v) is 6.49. The Hall–Kier alpha value is -2.16. The molecule has 1 N–H and O–H groups in total. The van der Waals surface area contributed by atoms with E-state index in [1.165, 1.54) is 5.56 Å². The van der Waals surface area contributed by atoms with Gasteiger partial charge in [0.15, 0.2) is 11.5 Å².